The fraction of sp³-hybridized carbons (Fsp3) is 0.522. The summed E-state index contributed by atoms with van der Waals surface area (Å²) in [6.07, 6.45) is 6.60. The minimum Gasteiger partial charge on any atom is -0.338 e. The maximum atomic E-state index is 13.0. The van der Waals surface area contributed by atoms with Gasteiger partial charge in [-0.25, -0.2) is 13.2 Å². The SMILES string of the molecule is O=C(CN1C(=O)NC2(CCCCCC2)C1=O)N1CCN(S(=O)(=O)C=Cc2ccccc2)CC1. The maximum absolute atomic E-state index is 13.0. The van der Waals surface area contributed by atoms with E-state index in [2.05, 4.69) is 5.32 Å². The van der Waals surface area contributed by atoms with Crippen molar-refractivity contribution in [1.82, 2.24) is 19.4 Å². The van der Waals surface area contributed by atoms with Crippen LogP contribution in [0.2, 0.25) is 0 Å². The van der Waals surface area contributed by atoms with Crippen molar-refractivity contribution in [3.05, 3.63) is 41.3 Å². The van der Waals surface area contributed by atoms with Crippen molar-refractivity contribution in [2.45, 2.75) is 44.1 Å². The first-order valence-corrected chi connectivity index (χ1v) is 13.0. The van der Waals surface area contributed by atoms with Gasteiger partial charge in [-0.1, -0.05) is 56.0 Å². The Balaban J connectivity index is 1.32. The molecule has 9 nitrogen and oxygen atoms in total. The van der Waals surface area contributed by atoms with Crippen molar-refractivity contribution in [2.75, 3.05) is 32.7 Å². The van der Waals surface area contributed by atoms with Gasteiger partial charge in [0.05, 0.1) is 0 Å². The second kappa shape index (κ2) is 9.64. The number of sulfonamides is 1. The number of hydrogen-bond donors (Lipinski definition) is 1. The molecule has 1 saturated carbocycles. The Kier molecular flexibility index (Phi) is 6.85. The molecule has 2 saturated heterocycles. The van der Waals surface area contributed by atoms with Crippen LogP contribution in [0.1, 0.15) is 44.1 Å². The monoisotopic (exact) mass is 474 g/mol. The molecule has 1 aliphatic carbocycles. The lowest BCUT2D eigenvalue weighted by molar-refractivity contribution is -0.139. The summed E-state index contributed by atoms with van der Waals surface area (Å²) in [5, 5.41) is 4.02. The van der Waals surface area contributed by atoms with E-state index >= 15 is 0 Å². The quantitative estimate of drug-likeness (QED) is 0.655. The van der Waals surface area contributed by atoms with Crippen LogP contribution in [0.3, 0.4) is 0 Å². The van der Waals surface area contributed by atoms with Crippen LogP contribution in [0.4, 0.5) is 4.79 Å². The minimum absolute atomic E-state index is 0.164. The number of carbonyl (C=O) groups is 3. The lowest BCUT2D eigenvalue weighted by Gasteiger charge is -2.34. The molecule has 1 aromatic carbocycles. The number of benzene rings is 1. The first kappa shape index (κ1) is 23.4. The predicted octanol–water partition coefficient (Wildman–Crippen LogP) is 1.78. The highest BCUT2D eigenvalue weighted by molar-refractivity contribution is 7.92. The van der Waals surface area contributed by atoms with E-state index in [1.54, 1.807) is 6.08 Å². The normalized spacial score (nSPS) is 22.1. The summed E-state index contributed by atoms with van der Waals surface area (Å²) in [4.78, 5) is 40.9. The number of nitrogens with one attached hydrogen (secondary N) is 1. The average Bonchev–Trinajstić information content (AvgIpc) is 2.97. The molecule has 33 heavy (non-hydrogen) atoms. The third-order valence-electron chi connectivity index (χ3n) is 6.68. The Morgan fingerprint density at radius 1 is 0.970 bits per heavy atom. The zero-order valence-electron chi connectivity index (χ0n) is 18.6. The minimum atomic E-state index is -3.61. The second-order valence-electron chi connectivity index (χ2n) is 8.86. The summed E-state index contributed by atoms with van der Waals surface area (Å²) in [5.41, 5.74) is -0.0824. The molecule has 3 aliphatic rings. The largest absolute Gasteiger partial charge is 0.338 e. The van der Waals surface area contributed by atoms with Gasteiger partial charge in [-0.15, -0.1) is 0 Å². The van der Waals surface area contributed by atoms with Gasteiger partial charge in [-0.05, 0) is 24.5 Å². The van der Waals surface area contributed by atoms with Gasteiger partial charge in [0.1, 0.15) is 12.1 Å². The van der Waals surface area contributed by atoms with Gasteiger partial charge in [0.25, 0.3) is 5.91 Å². The van der Waals surface area contributed by atoms with Crippen molar-refractivity contribution in [2.24, 2.45) is 0 Å². The molecule has 0 radical (unpaired) electrons. The number of carbonyl (C=O) groups excluding carboxylic acids is 3. The van der Waals surface area contributed by atoms with Crippen molar-refractivity contribution in [3.8, 4) is 0 Å². The lowest BCUT2D eigenvalue weighted by Crippen LogP contribution is -2.53. The van der Waals surface area contributed by atoms with E-state index in [-0.39, 0.29) is 44.5 Å². The van der Waals surface area contributed by atoms with Gasteiger partial charge in [0, 0.05) is 31.6 Å². The van der Waals surface area contributed by atoms with E-state index in [9.17, 15) is 22.8 Å². The van der Waals surface area contributed by atoms with Crippen molar-refractivity contribution < 1.29 is 22.8 Å². The van der Waals surface area contributed by atoms with Crippen LogP contribution in [-0.4, -0.2) is 78.6 Å². The van der Waals surface area contributed by atoms with Gasteiger partial charge in [-0.3, -0.25) is 14.5 Å². The predicted molar refractivity (Wildman–Crippen MR) is 123 cm³/mol. The van der Waals surface area contributed by atoms with E-state index in [4.69, 9.17) is 0 Å². The molecule has 0 unspecified atom stereocenters. The van der Waals surface area contributed by atoms with Crippen molar-refractivity contribution >= 4 is 33.9 Å². The Morgan fingerprint density at radius 2 is 1.61 bits per heavy atom. The Hall–Kier alpha value is -2.72. The molecule has 2 aliphatic heterocycles. The molecule has 4 amide bonds. The fourth-order valence-corrected chi connectivity index (χ4v) is 5.91. The highest BCUT2D eigenvalue weighted by atomic mass is 32.2. The van der Waals surface area contributed by atoms with Gasteiger partial charge in [0.15, 0.2) is 0 Å². The number of piperazine rings is 1. The highest BCUT2D eigenvalue weighted by Gasteiger charge is 2.51. The molecule has 3 fully saturated rings. The molecule has 0 bridgehead atoms. The van der Waals surface area contributed by atoms with Crippen LogP contribution in [-0.2, 0) is 19.6 Å². The number of hydrogen-bond acceptors (Lipinski definition) is 5. The van der Waals surface area contributed by atoms with E-state index in [1.165, 1.54) is 14.6 Å². The molecule has 10 heteroatoms. The van der Waals surface area contributed by atoms with E-state index in [0.29, 0.717) is 12.8 Å². The molecule has 2 heterocycles. The van der Waals surface area contributed by atoms with E-state index in [1.807, 2.05) is 30.3 Å². The number of rotatable bonds is 5. The van der Waals surface area contributed by atoms with Crippen LogP contribution in [0, 0.1) is 0 Å². The van der Waals surface area contributed by atoms with Gasteiger partial charge in [-0.2, -0.15) is 4.31 Å². The zero-order valence-corrected chi connectivity index (χ0v) is 19.4. The summed E-state index contributed by atoms with van der Waals surface area (Å²) < 4.78 is 26.6. The van der Waals surface area contributed by atoms with Crippen LogP contribution in [0.25, 0.3) is 6.08 Å². The smallest absolute Gasteiger partial charge is 0.325 e. The third-order valence-corrected chi connectivity index (χ3v) is 8.24. The first-order valence-electron chi connectivity index (χ1n) is 11.5. The molecule has 178 valence electrons. The summed E-state index contributed by atoms with van der Waals surface area (Å²) >= 11 is 0. The Labute approximate surface area is 194 Å². The lowest BCUT2D eigenvalue weighted by atomic mass is 9.90. The topological polar surface area (TPSA) is 107 Å². The molecule has 0 aromatic heterocycles. The van der Waals surface area contributed by atoms with Crippen LogP contribution < -0.4 is 5.32 Å². The number of nitrogens with zero attached hydrogens (tertiary/aromatic N) is 3. The van der Waals surface area contributed by atoms with Gasteiger partial charge in [0.2, 0.25) is 15.9 Å². The molecule has 0 atom stereocenters. The second-order valence-corrected chi connectivity index (χ2v) is 10.7. The third kappa shape index (κ3) is 5.11. The highest BCUT2D eigenvalue weighted by Crippen LogP contribution is 2.32. The first-order chi connectivity index (χ1) is 15.8. The number of imide groups is 1. The molecule has 1 aromatic rings. The molecular formula is C23H30N4O5S. The Morgan fingerprint density at radius 3 is 2.24 bits per heavy atom. The molecular weight excluding hydrogens is 444 g/mol. The van der Waals surface area contributed by atoms with E-state index < -0.39 is 21.6 Å². The standard InChI is InChI=1S/C23H30N4O5S/c28-20(18-27-21(29)23(24-22(27)30)11-6-1-2-7-12-23)25-13-15-26(16-14-25)33(31,32)17-10-19-8-4-3-5-9-19/h3-5,8-10,17H,1-2,6-7,11-16,18H2,(H,24,30). The Bertz CT molecular complexity index is 1020. The summed E-state index contributed by atoms with van der Waals surface area (Å²) in [7, 11) is -3.61. The summed E-state index contributed by atoms with van der Waals surface area (Å²) in [6.45, 7) is 0.444. The molecule has 1 spiro atoms. The average molecular weight is 475 g/mol. The van der Waals surface area contributed by atoms with Crippen molar-refractivity contribution in [1.29, 1.82) is 0 Å². The maximum Gasteiger partial charge on any atom is 0.325 e. The summed E-state index contributed by atoms with van der Waals surface area (Å²) in [5.74, 6) is -0.656. The number of amides is 4. The number of urea groups is 1. The summed E-state index contributed by atoms with van der Waals surface area (Å²) in [6, 6.07) is 8.65. The van der Waals surface area contributed by atoms with E-state index in [0.717, 1.165) is 36.1 Å². The molecule has 4 rings (SSSR count). The zero-order chi connectivity index (χ0) is 23.5. The molecule has 1 N–H and O–H groups in total. The fourth-order valence-electron chi connectivity index (χ4n) is 4.73. The van der Waals surface area contributed by atoms with Crippen LogP contribution in [0.15, 0.2) is 35.7 Å². The van der Waals surface area contributed by atoms with Gasteiger partial charge < -0.3 is 10.2 Å². The van der Waals surface area contributed by atoms with Crippen LogP contribution >= 0.6 is 0 Å². The van der Waals surface area contributed by atoms with Crippen LogP contribution in [0.5, 0.6) is 0 Å². The van der Waals surface area contributed by atoms with Gasteiger partial charge >= 0.3 is 6.03 Å². The van der Waals surface area contributed by atoms with Crippen molar-refractivity contribution in [3.63, 3.8) is 0 Å².